The maximum atomic E-state index is 12.1. The Morgan fingerprint density at radius 3 is 2.18 bits per heavy atom. The summed E-state index contributed by atoms with van der Waals surface area (Å²) in [7, 11) is 5.11. The van der Waals surface area contributed by atoms with Crippen LogP contribution in [0.25, 0.3) is 0 Å². The van der Waals surface area contributed by atoms with Crippen LogP contribution in [0, 0.1) is 0 Å². The molecule has 0 atom stereocenters. The predicted molar refractivity (Wildman–Crippen MR) is 83.5 cm³/mol. The molecule has 0 aliphatic rings. The Bertz CT molecular complexity index is 677. The van der Waals surface area contributed by atoms with Crippen LogP contribution in [0.4, 0.5) is 5.69 Å². The second-order valence-corrected chi connectivity index (χ2v) is 4.85. The SMILES string of the molecule is COC(=O)c1ccc(OC(=O)c2cccc(N(C)C)c2)cc1. The third-order valence-corrected chi connectivity index (χ3v) is 3.08. The molecule has 22 heavy (non-hydrogen) atoms. The van der Waals surface area contributed by atoms with Crippen LogP contribution in [0.15, 0.2) is 48.5 Å². The zero-order valence-electron chi connectivity index (χ0n) is 12.7. The number of esters is 2. The van der Waals surface area contributed by atoms with E-state index in [0.717, 1.165) is 5.69 Å². The zero-order chi connectivity index (χ0) is 16.1. The molecular formula is C17H17NO4. The van der Waals surface area contributed by atoms with Gasteiger partial charge in [0.15, 0.2) is 0 Å². The summed E-state index contributed by atoms with van der Waals surface area (Å²) in [6.07, 6.45) is 0. The maximum absolute atomic E-state index is 12.1. The number of methoxy groups -OCH3 is 1. The molecule has 0 spiro atoms. The van der Waals surface area contributed by atoms with Crippen LogP contribution >= 0.6 is 0 Å². The van der Waals surface area contributed by atoms with Gasteiger partial charge in [-0.15, -0.1) is 0 Å². The predicted octanol–water partition coefficient (Wildman–Crippen LogP) is 2.76. The second-order valence-electron chi connectivity index (χ2n) is 4.85. The summed E-state index contributed by atoms with van der Waals surface area (Å²) in [6, 6.07) is 13.4. The number of carbonyl (C=O) groups excluding carboxylic acids is 2. The fourth-order valence-corrected chi connectivity index (χ4v) is 1.85. The van der Waals surface area contributed by atoms with Crippen molar-refractivity contribution < 1.29 is 19.1 Å². The molecule has 0 aliphatic carbocycles. The highest BCUT2D eigenvalue weighted by Gasteiger charge is 2.11. The van der Waals surface area contributed by atoms with E-state index in [2.05, 4.69) is 4.74 Å². The Morgan fingerprint density at radius 2 is 1.59 bits per heavy atom. The monoisotopic (exact) mass is 299 g/mol. The van der Waals surface area contributed by atoms with Crippen molar-refractivity contribution in [2.24, 2.45) is 0 Å². The molecule has 0 saturated carbocycles. The zero-order valence-corrected chi connectivity index (χ0v) is 12.7. The first kappa shape index (κ1) is 15.6. The number of carbonyl (C=O) groups is 2. The minimum Gasteiger partial charge on any atom is -0.465 e. The van der Waals surface area contributed by atoms with Crippen molar-refractivity contribution in [1.82, 2.24) is 0 Å². The molecule has 114 valence electrons. The molecule has 0 aromatic heterocycles. The molecule has 0 bridgehead atoms. The molecule has 2 rings (SSSR count). The highest BCUT2D eigenvalue weighted by atomic mass is 16.5. The average molecular weight is 299 g/mol. The smallest absolute Gasteiger partial charge is 0.343 e. The van der Waals surface area contributed by atoms with Crippen LogP contribution in [0.1, 0.15) is 20.7 Å². The lowest BCUT2D eigenvalue weighted by atomic mass is 10.2. The highest BCUT2D eigenvalue weighted by Crippen LogP contribution is 2.17. The molecule has 0 unspecified atom stereocenters. The first-order valence-corrected chi connectivity index (χ1v) is 6.69. The minimum atomic E-state index is -0.450. The van der Waals surface area contributed by atoms with Crippen molar-refractivity contribution in [3.63, 3.8) is 0 Å². The molecule has 0 heterocycles. The molecule has 5 heteroatoms. The Morgan fingerprint density at radius 1 is 0.909 bits per heavy atom. The van der Waals surface area contributed by atoms with Crippen molar-refractivity contribution >= 4 is 17.6 Å². The van der Waals surface area contributed by atoms with Gasteiger partial charge in [0, 0.05) is 19.8 Å². The molecule has 2 aromatic carbocycles. The minimum absolute atomic E-state index is 0.368. The van der Waals surface area contributed by atoms with Gasteiger partial charge >= 0.3 is 11.9 Å². The molecule has 0 N–H and O–H groups in total. The highest BCUT2D eigenvalue weighted by molar-refractivity contribution is 5.92. The Hall–Kier alpha value is -2.82. The normalized spacial score (nSPS) is 9.95. The van der Waals surface area contributed by atoms with E-state index in [1.54, 1.807) is 42.5 Å². The Labute approximate surface area is 129 Å². The van der Waals surface area contributed by atoms with E-state index in [-0.39, 0.29) is 0 Å². The number of rotatable bonds is 4. The molecule has 0 aliphatic heterocycles. The van der Waals surface area contributed by atoms with Gasteiger partial charge in [-0.25, -0.2) is 9.59 Å². The van der Waals surface area contributed by atoms with E-state index >= 15 is 0 Å². The second kappa shape index (κ2) is 6.76. The lowest BCUT2D eigenvalue weighted by molar-refractivity contribution is 0.0600. The van der Waals surface area contributed by atoms with E-state index in [1.165, 1.54) is 7.11 Å². The number of anilines is 1. The number of hydrogen-bond donors (Lipinski definition) is 0. The summed E-state index contributed by atoms with van der Waals surface area (Å²) in [5.74, 6) is -0.515. The average Bonchev–Trinajstić information content (AvgIpc) is 2.54. The van der Waals surface area contributed by atoms with Crippen molar-refractivity contribution in [3.05, 3.63) is 59.7 Å². The van der Waals surface area contributed by atoms with Crippen LogP contribution in [-0.4, -0.2) is 33.1 Å². The molecule has 2 aromatic rings. The van der Waals surface area contributed by atoms with E-state index in [9.17, 15) is 9.59 Å². The standard InChI is InChI=1S/C17H17NO4/c1-18(2)14-6-4-5-13(11-14)17(20)22-15-9-7-12(8-10-15)16(19)21-3/h4-11H,1-3H3. The number of hydrogen-bond acceptors (Lipinski definition) is 5. The summed E-state index contributed by atoms with van der Waals surface area (Å²) in [6.45, 7) is 0. The van der Waals surface area contributed by atoms with Crippen molar-refractivity contribution in [2.75, 3.05) is 26.1 Å². The number of benzene rings is 2. The molecule has 0 radical (unpaired) electrons. The van der Waals surface area contributed by atoms with E-state index in [4.69, 9.17) is 4.74 Å². The van der Waals surface area contributed by atoms with Gasteiger partial charge in [-0.05, 0) is 42.5 Å². The van der Waals surface area contributed by atoms with Gasteiger partial charge in [-0.3, -0.25) is 0 Å². The van der Waals surface area contributed by atoms with Gasteiger partial charge < -0.3 is 14.4 Å². The van der Waals surface area contributed by atoms with E-state index < -0.39 is 11.9 Å². The van der Waals surface area contributed by atoms with Crippen LogP contribution in [0.3, 0.4) is 0 Å². The van der Waals surface area contributed by atoms with Crippen molar-refractivity contribution in [3.8, 4) is 5.75 Å². The molecule has 5 nitrogen and oxygen atoms in total. The van der Waals surface area contributed by atoms with Crippen LogP contribution in [-0.2, 0) is 4.74 Å². The van der Waals surface area contributed by atoms with Gasteiger partial charge in [0.25, 0.3) is 0 Å². The van der Waals surface area contributed by atoms with E-state index in [0.29, 0.717) is 16.9 Å². The Balaban J connectivity index is 2.12. The fraction of sp³-hybridized carbons (Fsp3) is 0.176. The molecule has 0 amide bonds. The molecule has 0 saturated heterocycles. The van der Waals surface area contributed by atoms with Gasteiger partial charge in [-0.1, -0.05) is 6.07 Å². The van der Waals surface area contributed by atoms with Gasteiger partial charge in [0.2, 0.25) is 0 Å². The summed E-state index contributed by atoms with van der Waals surface area (Å²) < 4.78 is 9.90. The molecule has 0 fully saturated rings. The summed E-state index contributed by atoms with van der Waals surface area (Å²) >= 11 is 0. The Kier molecular flexibility index (Phi) is 4.78. The first-order valence-electron chi connectivity index (χ1n) is 6.69. The quantitative estimate of drug-likeness (QED) is 0.642. The van der Waals surface area contributed by atoms with Gasteiger partial charge in [0.1, 0.15) is 5.75 Å². The maximum Gasteiger partial charge on any atom is 0.343 e. The molecular weight excluding hydrogens is 282 g/mol. The first-order chi connectivity index (χ1) is 10.5. The lowest BCUT2D eigenvalue weighted by Gasteiger charge is -2.13. The third-order valence-electron chi connectivity index (χ3n) is 3.08. The van der Waals surface area contributed by atoms with Crippen LogP contribution in [0.5, 0.6) is 5.75 Å². The summed E-state index contributed by atoms with van der Waals surface area (Å²) in [5, 5.41) is 0. The topological polar surface area (TPSA) is 55.8 Å². The lowest BCUT2D eigenvalue weighted by Crippen LogP contribution is -2.12. The fourth-order valence-electron chi connectivity index (χ4n) is 1.85. The number of ether oxygens (including phenoxy) is 2. The summed E-state index contributed by atoms with van der Waals surface area (Å²) in [4.78, 5) is 25.4. The van der Waals surface area contributed by atoms with E-state index in [1.807, 2.05) is 25.1 Å². The van der Waals surface area contributed by atoms with Gasteiger partial charge in [-0.2, -0.15) is 0 Å². The summed E-state index contributed by atoms with van der Waals surface area (Å²) in [5.41, 5.74) is 1.77. The number of nitrogens with zero attached hydrogens (tertiary/aromatic N) is 1. The van der Waals surface area contributed by atoms with Gasteiger partial charge in [0.05, 0.1) is 18.2 Å². The largest absolute Gasteiger partial charge is 0.465 e. The third kappa shape index (κ3) is 3.63. The van der Waals surface area contributed by atoms with Crippen molar-refractivity contribution in [1.29, 1.82) is 0 Å². The van der Waals surface area contributed by atoms with Crippen LogP contribution in [0.2, 0.25) is 0 Å². The van der Waals surface area contributed by atoms with Crippen LogP contribution < -0.4 is 9.64 Å². The van der Waals surface area contributed by atoms with Crippen molar-refractivity contribution in [2.45, 2.75) is 0 Å².